The molecular weight excluding hydrogens is 396 g/mol. The molecule has 0 unspecified atom stereocenters. The average molecular weight is 420 g/mol. The number of para-hydroxylation sites is 1. The van der Waals surface area contributed by atoms with E-state index in [-0.39, 0.29) is 0 Å². The molecule has 0 aliphatic heterocycles. The number of hydrogen-bond donors (Lipinski definition) is 1. The maximum Gasteiger partial charge on any atom is 0.243 e. The molecule has 0 bridgehead atoms. The smallest absolute Gasteiger partial charge is 0.243 e. The summed E-state index contributed by atoms with van der Waals surface area (Å²) in [6, 6.07) is 11.8. The van der Waals surface area contributed by atoms with Gasteiger partial charge in [0.25, 0.3) is 0 Å². The number of aromatic nitrogens is 5. The van der Waals surface area contributed by atoms with E-state index in [2.05, 4.69) is 37.7 Å². The van der Waals surface area contributed by atoms with Gasteiger partial charge >= 0.3 is 0 Å². The maximum atomic E-state index is 5.42. The fraction of sp³-hybridized carbons (Fsp3) is 0.273. The van der Waals surface area contributed by atoms with Gasteiger partial charge in [0.05, 0.1) is 44.9 Å². The molecule has 0 saturated heterocycles. The van der Waals surface area contributed by atoms with Crippen LogP contribution in [0.25, 0.3) is 22.2 Å². The van der Waals surface area contributed by atoms with Crippen molar-refractivity contribution in [3.8, 4) is 28.5 Å². The lowest BCUT2D eigenvalue weighted by atomic mass is 10.1. The Labute approximate surface area is 180 Å². The Kier molecular flexibility index (Phi) is 6.11. The number of nitrogens with one attached hydrogen (secondary N) is 1. The van der Waals surface area contributed by atoms with Gasteiger partial charge in [0.15, 0.2) is 11.5 Å². The van der Waals surface area contributed by atoms with Crippen molar-refractivity contribution in [2.45, 2.75) is 13.0 Å². The SMILES string of the molecule is COc1cc(-c2cnnc(NCCCn3ncc4ccccc43)n2)cc(OC)c1OC. The lowest BCUT2D eigenvalue weighted by Crippen LogP contribution is -2.10. The minimum atomic E-state index is 0.455. The number of anilines is 1. The van der Waals surface area contributed by atoms with Gasteiger partial charge in [0.2, 0.25) is 11.7 Å². The Hall–Kier alpha value is -3.88. The van der Waals surface area contributed by atoms with E-state index in [0.29, 0.717) is 35.4 Å². The first-order valence-corrected chi connectivity index (χ1v) is 9.88. The van der Waals surface area contributed by atoms with Crippen LogP contribution in [0.2, 0.25) is 0 Å². The summed E-state index contributed by atoms with van der Waals surface area (Å²) in [5.41, 5.74) is 2.56. The molecule has 4 rings (SSSR count). The van der Waals surface area contributed by atoms with Crippen LogP contribution in [-0.2, 0) is 6.54 Å². The van der Waals surface area contributed by atoms with Crippen LogP contribution in [0, 0.1) is 0 Å². The number of methoxy groups -OCH3 is 3. The molecule has 0 spiro atoms. The van der Waals surface area contributed by atoms with Gasteiger partial charge in [-0.3, -0.25) is 4.68 Å². The summed E-state index contributed by atoms with van der Waals surface area (Å²) in [4.78, 5) is 4.57. The van der Waals surface area contributed by atoms with Crippen LogP contribution < -0.4 is 19.5 Å². The number of ether oxygens (including phenoxy) is 3. The van der Waals surface area contributed by atoms with E-state index in [1.807, 2.05) is 35.1 Å². The minimum Gasteiger partial charge on any atom is -0.493 e. The molecule has 0 fully saturated rings. The molecule has 0 amide bonds. The quantitative estimate of drug-likeness (QED) is 0.412. The van der Waals surface area contributed by atoms with Gasteiger partial charge < -0.3 is 19.5 Å². The predicted molar refractivity (Wildman–Crippen MR) is 118 cm³/mol. The zero-order valence-corrected chi connectivity index (χ0v) is 17.7. The van der Waals surface area contributed by atoms with Crippen LogP contribution in [0.5, 0.6) is 17.2 Å². The lowest BCUT2D eigenvalue weighted by molar-refractivity contribution is 0.324. The van der Waals surface area contributed by atoms with Crippen molar-refractivity contribution in [1.82, 2.24) is 25.0 Å². The van der Waals surface area contributed by atoms with Crippen LogP contribution in [0.4, 0.5) is 5.95 Å². The number of rotatable bonds is 9. The zero-order chi connectivity index (χ0) is 21.6. The van der Waals surface area contributed by atoms with Crippen LogP contribution in [0.1, 0.15) is 6.42 Å². The van der Waals surface area contributed by atoms with E-state index in [1.54, 1.807) is 27.5 Å². The number of fused-ring (bicyclic) bond motifs is 1. The molecular formula is C22H24N6O3. The summed E-state index contributed by atoms with van der Waals surface area (Å²) < 4.78 is 18.2. The monoisotopic (exact) mass is 420 g/mol. The Bertz CT molecular complexity index is 1150. The van der Waals surface area contributed by atoms with Gasteiger partial charge in [-0.2, -0.15) is 10.2 Å². The molecule has 0 saturated carbocycles. The first-order valence-electron chi connectivity index (χ1n) is 9.88. The summed E-state index contributed by atoms with van der Waals surface area (Å²) in [5.74, 6) is 2.09. The molecule has 0 radical (unpaired) electrons. The van der Waals surface area contributed by atoms with Gasteiger partial charge in [0.1, 0.15) is 0 Å². The van der Waals surface area contributed by atoms with Crippen LogP contribution in [0.3, 0.4) is 0 Å². The second kappa shape index (κ2) is 9.29. The van der Waals surface area contributed by atoms with E-state index in [1.165, 1.54) is 0 Å². The minimum absolute atomic E-state index is 0.455. The molecule has 2 heterocycles. The number of benzene rings is 2. The Balaban J connectivity index is 1.44. The van der Waals surface area contributed by atoms with Crippen molar-refractivity contribution in [2.24, 2.45) is 0 Å². The molecule has 4 aromatic rings. The van der Waals surface area contributed by atoms with Crippen molar-refractivity contribution >= 4 is 16.9 Å². The second-order valence-electron chi connectivity index (χ2n) is 6.79. The molecule has 0 aliphatic rings. The van der Waals surface area contributed by atoms with Crippen LogP contribution in [-0.4, -0.2) is 52.8 Å². The van der Waals surface area contributed by atoms with Gasteiger partial charge in [-0.15, -0.1) is 5.10 Å². The highest BCUT2D eigenvalue weighted by Gasteiger charge is 2.15. The number of hydrogen-bond acceptors (Lipinski definition) is 8. The molecule has 2 aromatic heterocycles. The normalized spacial score (nSPS) is 10.8. The van der Waals surface area contributed by atoms with Crippen molar-refractivity contribution in [3.05, 3.63) is 48.8 Å². The molecule has 0 atom stereocenters. The zero-order valence-electron chi connectivity index (χ0n) is 17.7. The molecule has 9 heteroatoms. The molecule has 160 valence electrons. The van der Waals surface area contributed by atoms with Crippen molar-refractivity contribution in [2.75, 3.05) is 33.2 Å². The lowest BCUT2D eigenvalue weighted by Gasteiger charge is -2.14. The van der Waals surface area contributed by atoms with Gasteiger partial charge in [-0.1, -0.05) is 18.2 Å². The standard InChI is InChI=1S/C22H24N6O3/c1-29-19-11-16(12-20(30-2)21(19)31-3)17-14-24-27-22(26-17)23-9-6-10-28-18-8-5-4-7-15(18)13-25-28/h4-5,7-8,11-14H,6,9-10H2,1-3H3,(H,23,26,27). The van der Waals surface area contributed by atoms with E-state index in [4.69, 9.17) is 14.2 Å². The summed E-state index contributed by atoms with van der Waals surface area (Å²) in [6.07, 6.45) is 4.35. The summed E-state index contributed by atoms with van der Waals surface area (Å²) in [6.45, 7) is 1.48. The average Bonchev–Trinajstić information content (AvgIpc) is 3.24. The van der Waals surface area contributed by atoms with E-state index in [9.17, 15) is 0 Å². The van der Waals surface area contributed by atoms with Crippen LogP contribution >= 0.6 is 0 Å². The Morgan fingerprint density at radius 3 is 2.48 bits per heavy atom. The van der Waals surface area contributed by atoms with Gasteiger partial charge in [0, 0.05) is 24.0 Å². The first-order chi connectivity index (χ1) is 15.2. The van der Waals surface area contributed by atoms with Gasteiger partial charge in [-0.25, -0.2) is 4.98 Å². The largest absolute Gasteiger partial charge is 0.493 e. The summed E-state index contributed by atoms with van der Waals surface area (Å²) >= 11 is 0. The number of nitrogens with zero attached hydrogens (tertiary/aromatic N) is 5. The topological polar surface area (TPSA) is 96.2 Å². The summed E-state index contributed by atoms with van der Waals surface area (Å²) in [7, 11) is 4.73. The van der Waals surface area contributed by atoms with E-state index in [0.717, 1.165) is 29.4 Å². The summed E-state index contributed by atoms with van der Waals surface area (Å²) in [5, 5.41) is 17.0. The highest BCUT2D eigenvalue weighted by atomic mass is 16.5. The highest BCUT2D eigenvalue weighted by Crippen LogP contribution is 2.40. The van der Waals surface area contributed by atoms with E-state index < -0.39 is 0 Å². The first kappa shape index (κ1) is 20.4. The van der Waals surface area contributed by atoms with Crippen molar-refractivity contribution < 1.29 is 14.2 Å². The fourth-order valence-corrected chi connectivity index (χ4v) is 3.38. The second-order valence-corrected chi connectivity index (χ2v) is 6.79. The third kappa shape index (κ3) is 4.35. The Morgan fingerprint density at radius 1 is 0.968 bits per heavy atom. The number of aryl methyl sites for hydroxylation is 1. The van der Waals surface area contributed by atoms with E-state index >= 15 is 0 Å². The molecule has 0 aliphatic carbocycles. The third-order valence-corrected chi connectivity index (χ3v) is 4.90. The van der Waals surface area contributed by atoms with Gasteiger partial charge in [-0.05, 0) is 24.6 Å². The molecule has 1 N–H and O–H groups in total. The fourth-order valence-electron chi connectivity index (χ4n) is 3.38. The highest BCUT2D eigenvalue weighted by molar-refractivity contribution is 5.78. The molecule has 31 heavy (non-hydrogen) atoms. The third-order valence-electron chi connectivity index (χ3n) is 4.90. The van der Waals surface area contributed by atoms with Crippen molar-refractivity contribution in [3.63, 3.8) is 0 Å². The Morgan fingerprint density at radius 2 is 1.74 bits per heavy atom. The molecule has 9 nitrogen and oxygen atoms in total. The molecule has 2 aromatic carbocycles. The maximum absolute atomic E-state index is 5.42. The predicted octanol–water partition coefficient (Wildman–Crippen LogP) is 3.42. The van der Waals surface area contributed by atoms with Crippen molar-refractivity contribution in [1.29, 1.82) is 0 Å². The van der Waals surface area contributed by atoms with Crippen LogP contribution in [0.15, 0.2) is 48.8 Å².